The second-order valence-electron chi connectivity index (χ2n) is 6.69. The lowest BCUT2D eigenvalue weighted by Crippen LogP contribution is -2.25. The van der Waals surface area contributed by atoms with Gasteiger partial charge in [-0.1, -0.05) is 48.5 Å². The number of thiophene rings is 1. The van der Waals surface area contributed by atoms with Crippen molar-refractivity contribution in [1.82, 2.24) is 10.3 Å². The number of hydrogen-bond donors (Lipinski definition) is 1. The third-order valence-corrected chi connectivity index (χ3v) is 5.70. The molecule has 4 rings (SSSR count). The van der Waals surface area contributed by atoms with E-state index < -0.39 is 0 Å². The summed E-state index contributed by atoms with van der Waals surface area (Å²) in [5.74, 6) is 1.52. The predicted octanol–water partition coefficient (Wildman–Crippen LogP) is 5.24. The Kier molecular flexibility index (Phi) is 5.83. The highest BCUT2D eigenvalue weighted by atomic mass is 32.1. The fourth-order valence-corrected chi connectivity index (χ4v) is 4.21. The Bertz CT molecular complexity index is 1050. The summed E-state index contributed by atoms with van der Waals surface area (Å²) in [5, 5.41) is 6.49. The first-order valence-electron chi connectivity index (χ1n) is 9.51. The quantitative estimate of drug-likeness (QED) is 0.448. The summed E-state index contributed by atoms with van der Waals surface area (Å²) in [7, 11) is 0. The summed E-state index contributed by atoms with van der Waals surface area (Å²) in [6.45, 7) is 0.663. The van der Waals surface area contributed by atoms with Crippen molar-refractivity contribution >= 4 is 27.3 Å². The number of oxazole rings is 1. The number of hydrogen-bond acceptors (Lipinski definition) is 4. The van der Waals surface area contributed by atoms with E-state index in [1.165, 1.54) is 15.6 Å². The molecule has 0 saturated heterocycles. The molecule has 4 nitrogen and oxygen atoms in total. The number of amides is 1. The maximum Gasteiger partial charge on any atom is 0.220 e. The average molecular weight is 391 g/mol. The number of benzene rings is 2. The molecule has 142 valence electrons. The number of nitrogens with zero attached hydrogens (tertiary/aromatic N) is 1. The summed E-state index contributed by atoms with van der Waals surface area (Å²) in [6, 6.07) is 18.3. The zero-order chi connectivity index (χ0) is 19.2. The highest BCUT2D eigenvalue weighted by Gasteiger charge is 2.08. The molecule has 0 spiro atoms. The molecule has 2 heterocycles. The van der Waals surface area contributed by atoms with Gasteiger partial charge in [0.05, 0.1) is 6.20 Å². The molecule has 0 aliphatic heterocycles. The molecule has 2 aromatic carbocycles. The molecule has 0 saturated carbocycles. The molecular formula is C23H22N2O2S. The van der Waals surface area contributed by atoms with E-state index in [1.807, 2.05) is 30.3 Å². The average Bonchev–Trinajstić information content (AvgIpc) is 3.36. The van der Waals surface area contributed by atoms with Gasteiger partial charge in [-0.2, -0.15) is 0 Å². The number of aryl methyl sites for hydroxylation is 1. The zero-order valence-electron chi connectivity index (χ0n) is 15.6. The van der Waals surface area contributed by atoms with Gasteiger partial charge in [0.2, 0.25) is 5.91 Å². The van der Waals surface area contributed by atoms with E-state index in [0.29, 0.717) is 25.3 Å². The second-order valence-corrected chi connectivity index (χ2v) is 7.61. The standard InChI is InChI=1S/C23H22N2O2S/c26-22(24-14-13-18-16-28-21-10-5-4-9-19(18)21)11-6-12-23-25-15-20(27-23)17-7-2-1-3-8-17/h1-5,7-10,15-16H,6,11-14H2,(H,24,26). The molecule has 4 aromatic rings. The van der Waals surface area contributed by atoms with Gasteiger partial charge >= 0.3 is 0 Å². The van der Waals surface area contributed by atoms with Crippen LogP contribution in [0.1, 0.15) is 24.3 Å². The smallest absolute Gasteiger partial charge is 0.220 e. The topological polar surface area (TPSA) is 55.1 Å². The Labute approximate surface area is 168 Å². The number of fused-ring (bicyclic) bond motifs is 1. The molecule has 1 amide bonds. The number of carbonyl (C=O) groups excluding carboxylic acids is 1. The van der Waals surface area contributed by atoms with Crippen LogP contribution < -0.4 is 5.32 Å². The molecule has 0 atom stereocenters. The van der Waals surface area contributed by atoms with E-state index >= 15 is 0 Å². The van der Waals surface area contributed by atoms with E-state index in [0.717, 1.165) is 24.2 Å². The zero-order valence-corrected chi connectivity index (χ0v) is 16.4. The van der Waals surface area contributed by atoms with Crippen molar-refractivity contribution in [1.29, 1.82) is 0 Å². The van der Waals surface area contributed by atoms with E-state index in [9.17, 15) is 4.79 Å². The van der Waals surface area contributed by atoms with Crippen LogP contribution in [-0.4, -0.2) is 17.4 Å². The molecule has 2 aromatic heterocycles. The predicted molar refractivity (Wildman–Crippen MR) is 113 cm³/mol. The van der Waals surface area contributed by atoms with Crippen molar-refractivity contribution in [3.8, 4) is 11.3 Å². The van der Waals surface area contributed by atoms with Crippen molar-refractivity contribution in [3.63, 3.8) is 0 Å². The first-order valence-corrected chi connectivity index (χ1v) is 10.4. The second kappa shape index (κ2) is 8.85. The van der Waals surface area contributed by atoms with Crippen LogP contribution in [0.5, 0.6) is 0 Å². The van der Waals surface area contributed by atoms with Crippen molar-refractivity contribution in [3.05, 3.63) is 77.6 Å². The molecule has 0 aliphatic carbocycles. The molecule has 0 fully saturated rings. The highest BCUT2D eigenvalue weighted by molar-refractivity contribution is 7.17. The number of nitrogens with one attached hydrogen (secondary N) is 1. The fraction of sp³-hybridized carbons (Fsp3) is 0.217. The number of aromatic nitrogens is 1. The lowest BCUT2D eigenvalue weighted by molar-refractivity contribution is -0.121. The summed E-state index contributed by atoms with van der Waals surface area (Å²) >= 11 is 1.75. The Balaban J connectivity index is 1.19. The lowest BCUT2D eigenvalue weighted by atomic mass is 10.1. The van der Waals surface area contributed by atoms with Crippen LogP contribution in [0.4, 0.5) is 0 Å². The minimum absolute atomic E-state index is 0.0781. The summed E-state index contributed by atoms with van der Waals surface area (Å²) < 4.78 is 7.08. The van der Waals surface area contributed by atoms with Gasteiger partial charge in [-0.15, -0.1) is 11.3 Å². The minimum Gasteiger partial charge on any atom is -0.441 e. The Hall–Kier alpha value is -2.92. The van der Waals surface area contributed by atoms with Crippen molar-refractivity contribution in [2.75, 3.05) is 6.54 Å². The minimum atomic E-state index is 0.0781. The van der Waals surface area contributed by atoms with E-state index in [2.05, 4.69) is 39.9 Å². The van der Waals surface area contributed by atoms with Gasteiger partial charge in [-0.05, 0) is 35.2 Å². The fourth-order valence-electron chi connectivity index (χ4n) is 3.21. The number of carbonyl (C=O) groups is 1. The highest BCUT2D eigenvalue weighted by Crippen LogP contribution is 2.25. The molecule has 28 heavy (non-hydrogen) atoms. The first-order chi connectivity index (χ1) is 13.8. The Morgan fingerprint density at radius 3 is 2.75 bits per heavy atom. The third kappa shape index (κ3) is 4.49. The molecule has 1 N–H and O–H groups in total. The lowest BCUT2D eigenvalue weighted by Gasteiger charge is -2.04. The van der Waals surface area contributed by atoms with Crippen LogP contribution in [0.15, 0.2) is 70.6 Å². The summed E-state index contributed by atoms with van der Waals surface area (Å²) in [4.78, 5) is 16.4. The van der Waals surface area contributed by atoms with Crippen LogP contribution in [0.2, 0.25) is 0 Å². The van der Waals surface area contributed by atoms with Gasteiger partial charge in [0.15, 0.2) is 11.7 Å². The summed E-state index contributed by atoms with van der Waals surface area (Å²) in [6.07, 6.45) is 4.47. The maximum absolute atomic E-state index is 12.1. The Morgan fingerprint density at radius 2 is 1.86 bits per heavy atom. The molecule has 0 radical (unpaired) electrons. The molecule has 0 unspecified atom stereocenters. The van der Waals surface area contributed by atoms with Gasteiger partial charge < -0.3 is 9.73 Å². The van der Waals surface area contributed by atoms with Crippen LogP contribution >= 0.6 is 11.3 Å². The van der Waals surface area contributed by atoms with Crippen molar-refractivity contribution < 1.29 is 9.21 Å². The monoisotopic (exact) mass is 390 g/mol. The van der Waals surface area contributed by atoms with Crippen LogP contribution in [-0.2, 0) is 17.6 Å². The molecule has 0 aliphatic rings. The maximum atomic E-state index is 12.1. The van der Waals surface area contributed by atoms with Crippen molar-refractivity contribution in [2.24, 2.45) is 0 Å². The van der Waals surface area contributed by atoms with Gasteiger partial charge in [0.1, 0.15) is 0 Å². The van der Waals surface area contributed by atoms with Crippen LogP contribution in [0.25, 0.3) is 21.4 Å². The first kappa shape index (κ1) is 18.4. The van der Waals surface area contributed by atoms with Crippen LogP contribution in [0, 0.1) is 0 Å². The number of rotatable bonds is 8. The van der Waals surface area contributed by atoms with Gasteiger partial charge in [-0.3, -0.25) is 4.79 Å². The largest absolute Gasteiger partial charge is 0.441 e. The normalized spacial score (nSPS) is 11.0. The van der Waals surface area contributed by atoms with Gasteiger partial charge in [0.25, 0.3) is 0 Å². The van der Waals surface area contributed by atoms with E-state index in [4.69, 9.17) is 4.42 Å². The van der Waals surface area contributed by atoms with Crippen molar-refractivity contribution in [2.45, 2.75) is 25.7 Å². The van der Waals surface area contributed by atoms with E-state index in [-0.39, 0.29) is 5.91 Å². The van der Waals surface area contributed by atoms with Gasteiger partial charge in [-0.25, -0.2) is 4.98 Å². The van der Waals surface area contributed by atoms with Crippen LogP contribution in [0.3, 0.4) is 0 Å². The summed E-state index contributed by atoms with van der Waals surface area (Å²) in [5.41, 5.74) is 2.31. The molecule has 0 bridgehead atoms. The molecular weight excluding hydrogens is 368 g/mol. The van der Waals surface area contributed by atoms with Gasteiger partial charge in [0, 0.05) is 29.6 Å². The third-order valence-electron chi connectivity index (χ3n) is 4.68. The van der Waals surface area contributed by atoms with E-state index in [1.54, 1.807) is 17.5 Å². The Morgan fingerprint density at radius 1 is 1.04 bits per heavy atom. The molecule has 5 heteroatoms. The SMILES string of the molecule is O=C(CCCc1ncc(-c2ccccc2)o1)NCCc1csc2ccccc12.